The third kappa shape index (κ3) is 11.1. The van der Waals surface area contributed by atoms with Crippen molar-refractivity contribution in [3.63, 3.8) is 0 Å². The van der Waals surface area contributed by atoms with E-state index in [9.17, 15) is 14.4 Å². The summed E-state index contributed by atoms with van der Waals surface area (Å²) in [6.45, 7) is 15.3. The molecule has 0 bridgehead atoms. The van der Waals surface area contributed by atoms with Crippen LogP contribution in [0.3, 0.4) is 0 Å². The zero-order chi connectivity index (χ0) is 40.2. The zero-order valence-corrected chi connectivity index (χ0v) is 33.5. The lowest BCUT2D eigenvalue weighted by Gasteiger charge is -2.26. The quantitative estimate of drug-likeness (QED) is 0.0860. The topological polar surface area (TPSA) is 143 Å². The van der Waals surface area contributed by atoms with E-state index in [2.05, 4.69) is 64.4 Å². The second-order valence-electron chi connectivity index (χ2n) is 15.0. The number of carbonyl (C=O) groups excluding carboxylic acids is 3. The number of allylic oxidation sites excluding steroid dienone is 2. The molecule has 12 heteroatoms. The van der Waals surface area contributed by atoms with Crippen molar-refractivity contribution >= 4 is 47.5 Å². The van der Waals surface area contributed by atoms with Gasteiger partial charge in [0.25, 0.3) is 11.8 Å². The summed E-state index contributed by atoms with van der Waals surface area (Å²) in [4.78, 5) is 60.7. The summed E-state index contributed by atoms with van der Waals surface area (Å²) in [7, 11) is 1.66. The van der Waals surface area contributed by atoms with Crippen molar-refractivity contribution in [2.75, 3.05) is 31.7 Å². The summed E-state index contributed by atoms with van der Waals surface area (Å²) >= 11 is 0. The number of benzodiazepines with no additional fused rings is 1. The number of hydrogen-bond acceptors (Lipinski definition) is 7. The maximum atomic E-state index is 14.0. The molecule has 294 valence electrons. The van der Waals surface area contributed by atoms with Gasteiger partial charge in [0.2, 0.25) is 12.4 Å². The lowest BCUT2D eigenvalue weighted by Crippen LogP contribution is -2.39. The molecule has 0 fully saturated rings. The fourth-order valence-corrected chi connectivity index (χ4v) is 6.50. The molecule has 0 spiro atoms. The van der Waals surface area contributed by atoms with Crippen LogP contribution in [0.1, 0.15) is 81.8 Å². The Bertz CT molecular complexity index is 1990. The third-order valence-electron chi connectivity index (χ3n) is 9.64. The molecule has 56 heavy (non-hydrogen) atoms. The highest BCUT2D eigenvalue weighted by molar-refractivity contribution is 6.20. The predicted molar refractivity (Wildman–Crippen MR) is 227 cm³/mol. The SMILES string of the molecule is C=CCN1C(=O)[C@H](CC(C)C)N=C(c2ccccc2)c2ccc(C(=O)NC3C=C(NCC(C)/C=N\C(=N/CN(C)C=O)NC4=CN=C(C)CC4)C(C)=CC3)cc21. The van der Waals surface area contributed by atoms with Gasteiger partial charge in [0.15, 0.2) is 0 Å². The second kappa shape index (κ2) is 19.6. The van der Waals surface area contributed by atoms with E-state index in [0.29, 0.717) is 43.1 Å². The highest BCUT2D eigenvalue weighted by atomic mass is 16.2. The number of guanidine groups is 1. The van der Waals surface area contributed by atoms with Gasteiger partial charge in [-0.25, -0.2) is 9.98 Å². The van der Waals surface area contributed by atoms with Crippen LogP contribution in [0, 0.1) is 11.8 Å². The maximum absolute atomic E-state index is 14.0. The number of nitrogens with zero attached hydrogens (tertiary/aromatic N) is 6. The van der Waals surface area contributed by atoms with Crippen molar-refractivity contribution in [2.45, 2.75) is 72.4 Å². The molecule has 2 aromatic rings. The Morgan fingerprint density at radius 2 is 1.91 bits per heavy atom. The van der Waals surface area contributed by atoms with Crippen molar-refractivity contribution in [1.29, 1.82) is 0 Å². The molecule has 0 radical (unpaired) electrons. The minimum atomic E-state index is -0.557. The highest BCUT2D eigenvalue weighted by Gasteiger charge is 2.32. The van der Waals surface area contributed by atoms with E-state index in [-0.39, 0.29) is 36.4 Å². The molecule has 0 saturated carbocycles. The number of amides is 3. The number of nitrogens with one attached hydrogen (secondary N) is 3. The number of fused-ring (bicyclic) bond motifs is 1. The number of hydrogen-bond donors (Lipinski definition) is 3. The Kier molecular flexibility index (Phi) is 14.4. The van der Waals surface area contributed by atoms with Gasteiger partial charge in [0.1, 0.15) is 12.7 Å². The Morgan fingerprint density at radius 3 is 2.61 bits per heavy atom. The standard InChI is InChI=1S/C44H55N9O3/c1-8-20-53-40-22-34(16-19-37(40)41(33-12-10-9-11-13-33)51-39(43(53)56)21-29(2)3)42(55)49-35-17-14-31(5)38(23-35)46-24-30(4)25-47-44(48-27-52(7)28-54)50-36-18-15-32(6)45-26-36/h8-14,16,19,22-23,25-26,28-30,35,39,46H,1,15,17-18,20-21,24,27H2,2-7H3,(H,48,50)(H,49,55)/b47-25-/t30?,35?,39-/m0/s1. The van der Waals surface area contributed by atoms with Gasteiger partial charge in [-0.3, -0.25) is 24.4 Å². The van der Waals surface area contributed by atoms with E-state index in [1.54, 1.807) is 30.3 Å². The Hall–Kier alpha value is -5.91. The summed E-state index contributed by atoms with van der Waals surface area (Å²) < 4.78 is 0. The molecule has 12 nitrogen and oxygen atoms in total. The molecular weight excluding hydrogens is 703 g/mol. The molecule has 2 aromatic carbocycles. The van der Waals surface area contributed by atoms with Crippen LogP contribution in [0.5, 0.6) is 0 Å². The van der Waals surface area contributed by atoms with Crippen LogP contribution in [0.25, 0.3) is 0 Å². The number of benzene rings is 2. The lowest BCUT2D eigenvalue weighted by atomic mass is 9.97. The third-order valence-corrected chi connectivity index (χ3v) is 9.64. The summed E-state index contributed by atoms with van der Waals surface area (Å²) in [5.41, 5.74) is 7.57. The summed E-state index contributed by atoms with van der Waals surface area (Å²) in [6.07, 6.45) is 13.1. The number of aliphatic imine (C=N–C) groups is 4. The molecule has 2 unspecified atom stereocenters. The molecule has 3 atom stereocenters. The van der Waals surface area contributed by atoms with Gasteiger partial charge in [-0.15, -0.1) is 6.58 Å². The minimum absolute atomic E-state index is 0.0281. The van der Waals surface area contributed by atoms with Crippen molar-refractivity contribution in [3.05, 3.63) is 113 Å². The normalized spacial score (nSPS) is 19.1. The van der Waals surface area contributed by atoms with Crippen LogP contribution in [0.15, 0.2) is 116 Å². The lowest BCUT2D eigenvalue weighted by molar-refractivity contribution is -0.120. The van der Waals surface area contributed by atoms with E-state index in [4.69, 9.17) is 4.99 Å². The number of rotatable bonds is 15. The first kappa shape index (κ1) is 41.3. The molecule has 5 rings (SSSR count). The van der Waals surface area contributed by atoms with Crippen LogP contribution >= 0.6 is 0 Å². The first-order valence-electron chi connectivity index (χ1n) is 19.3. The number of carbonyl (C=O) groups is 3. The smallest absolute Gasteiger partial charge is 0.252 e. The molecule has 2 heterocycles. The van der Waals surface area contributed by atoms with Crippen LogP contribution in [-0.2, 0) is 9.59 Å². The fraction of sp³-hybridized carbons (Fsp3) is 0.386. The largest absolute Gasteiger partial charge is 0.384 e. The average Bonchev–Trinajstić information content (AvgIpc) is 3.30. The van der Waals surface area contributed by atoms with Gasteiger partial charge in [0.05, 0.1) is 17.4 Å². The van der Waals surface area contributed by atoms with E-state index in [1.807, 2.05) is 68.6 Å². The van der Waals surface area contributed by atoms with Crippen LogP contribution in [0.2, 0.25) is 0 Å². The fourth-order valence-electron chi connectivity index (χ4n) is 6.50. The molecule has 1 aliphatic carbocycles. The van der Waals surface area contributed by atoms with Gasteiger partial charge in [-0.05, 0) is 75.3 Å². The molecular formula is C44H55N9O3. The second-order valence-corrected chi connectivity index (χ2v) is 15.0. The molecule has 3 aliphatic rings. The van der Waals surface area contributed by atoms with Gasteiger partial charge in [-0.2, -0.15) is 0 Å². The van der Waals surface area contributed by atoms with Gasteiger partial charge >= 0.3 is 0 Å². The molecule has 3 amide bonds. The molecule has 0 saturated heterocycles. The summed E-state index contributed by atoms with van der Waals surface area (Å²) in [5, 5.41) is 9.99. The highest BCUT2D eigenvalue weighted by Crippen LogP contribution is 2.32. The summed E-state index contributed by atoms with van der Waals surface area (Å²) in [5.74, 6) is 0.362. The van der Waals surface area contributed by atoms with Gasteiger partial charge in [-0.1, -0.05) is 63.3 Å². The van der Waals surface area contributed by atoms with Crippen LogP contribution < -0.4 is 20.9 Å². The van der Waals surface area contributed by atoms with Crippen molar-refractivity contribution < 1.29 is 14.4 Å². The Balaban J connectivity index is 1.30. The monoisotopic (exact) mass is 757 g/mol. The molecule has 2 aliphatic heterocycles. The van der Waals surface area contributed by atoms with Crippen LogP contribution in [-0.4, -0.2) is 85.6 Å². The van der Waals surface area contributed by atoms with Crippen LogP contribution in [0.4, 0.5) is 5.69 Å². The van der Waals surface area contributed by atoms with Gasteiger partial charge < -0.3 is 25.8 Å². The first-order chi connectivity index (χ1) is 26.9. The van der Waals surface area contributed by atoms with E-state index < -0.39 is 6.04 Å². The maximum Gasteiger partial charge on any atom is 0.252 e. The van der Waals surface area contributed by atoms with E-state index in [0.717, 1.165) is 58.8 Å². The average molecular weight is 758 g/mol. The van der Waals surface area contributed by atoms with Crippen molar-refractivity contribution in [3.8, 4) is 0 Å². The molecule has 3 N–H and O–H groups in total. The zero-order valence-electron chi connectivity index (χ0n) is 33.5. The first-order valence-corrected chi connectivity index (χ1v) is 19.3. The van der Waals surface area contributed by atoms with Crippen molar-refractivity contribution in [2.24, 2.45) is 31.8 Å². The predicted octanol–water partition coefficient (Wildman–Crippen LogP) is 6.19. The van der Waals surface area contributed by atoms with E-state index in [1.165, 1.54) is 4.90 Å². The Labute approximate surface area is 331 Å². The Morgan fingerprint density at radius 1 is 1.12 bits per heavy atom. The van der Waals surface area contributed by atoms with E-state index >= 15 is 0 Å². The molecule has 0 aromatic heterocycles. The minimum Gasteiger partial charge on any atom is -0.384 e. The van der Waals surface area contributed by atoms with Crippen molar-refractivity contribution in [1.82, 2.24) is 20.9 Å². The summed E-state index contributed by atoms with van der Waals surface area (Å²) in [6, 6.07) is 14.6. The van der Waals surface area contributed by atoms with Gasteiger partial charge in [0, 0.05) is 72.3 Å². The number of anilines is 1.